The number of aliphatic carboxylic acids is 1. The van der Waals surface area contributed by atoms with Gasteiger partial charge in [0.1, 0.15) is 5.92 Å². The van der Waals surface area contributed by atoms with Crippen molar-refractivity contribution >= 4 is 23.8 Å². The number of hydrogen-bond donors (Lipinski definition) is 2. The van der Waals surface area contributed by atoms with Gasteiger partial charge in [0.15, 0.2) is 0 Å². The van der Waals surface area contributed by atoms with Crippen molar-refractivity contribution in [3.63, 3.8) is 0 Å². The third kappa shape index (κ3) is 4.58. The second-order valence-electron chi connectivity index (χ2n) is 4.91. The highest BCUT2D eigenvalue weighted by molar-refractivity contribution is 7.98. The normalized spacial score (nSPS) is 23.9. The molecular weight excluding hydrogens is 268 g/mol. The van der Waals surface area contributed by atoms with E-state index in [2.05, 4.69) is 12.2 Å². The summed E-state index contributed by atoms with van der Waals surface area (Å²) in [4.78, 5) is 24.5. The van der Waals surface area contributed by atoms with Crippen LogP contribution in [0.25, 0.3) is 0 Å². The van der Waals surface area contributed by atoms with E-state index in [0.717, 1.165) is 5.75 Å². The number of likely N-dealkylation sites (N-methyl/N-ethyl adjacent to an activating group) is 1. The van der Waals surface area contributed by atoms with Gasteiger partial charge >= 0.3 is 12.0 Å². The van der Waals surface area contributed by atoms with Crippen molar-refractivity contribution in [2.75, 3.05) is 38.8 Å². The van der Waals surface area contributed by atoms with E-state index in [1.165, 1.54) is 4.90 Å². The summed E-state index contributed by atoms with van der Waals surface area (Å²) in [5.41, 5.74) is 0. The Morgan fingerprint density at radius 3 is 2.79 bits per heavy atom. The molecule has 0 radical (unpaired) electrons. The molecule has 2 N–H and O–H groups in total. The number of hydrogen-bond acceptors (Lipinski definition) is 4. The number of carboxylic acid groups (broad SMARTS) is 1. The molecule has 1 rings (SSSR count). The van der Waals surface area contributed by atoms with Crippen molar-refractivity contribution in [3.05, 3.63) is 0 Å². The first-order valence-electron chi connectivity index (χ1n) is 6.27. The van der Waals surface area contributed by atoms with Gasteiger partial charge < -0.3 is 20.1 Å². The molecule has 1 aliphatic heterocycles. The first kappa shape index (κ1) is 16.1. The van der Waals surface area contributed by atoms with Gasteiger partial charge in [-0.05, 0) is 17.9 Å². The van der Waals surface area contributed by atoms with E-state index in [-0.39, 0.29) is 19.2 Å². The number of amides is 2. The van der Waals surface area contributed by atoms with E-state index in [9.17, 15) is 9.59 Å². The number of urea groups is 1. The fourth-order valence-electron chi connectivity index (χ4n) is 2.04. The minimum Gasteiger partial charge on any atom is -0.481 e. The van der Waals surface area contributed by atoms with Gasteiger partial charge in [0.25, 0.3) is 0 Å². The van der Waals surface area contributed by atoms with Crippen LogP contribution in [0.4, 0.5) is 4.79 Å². The van der Waals surface area contributed by atoms with E-state index in [4.69, 9.17) is 9.84 Å². The first-order chi connectivity index (χ1) is 8.97. The summed E-state index contributed by atoms with van der Waals surface area (Å²) >= 11 is 1.74. The molecule has 0 aliphatic carbocycles. The van der Waals surface area contributed by atoms with Crippen molar-refractivity contribution < 1.29 is 19.4 Å². The maximum Gasteiger partial charge on any atom is 0.317 e. The summed E-state index contributed by atoms with van der Waals surface area (Å²) in [6, 6.07) is -0.636. The number of carbonyl (C=O) groups excluding carboxylic acids is 1. The maximum absolute atomic E-state index is 12.0. The van der Waals surface area contributed by atoms with Crippen LogP contribution in [0.1, 0.15) is 6.92 Å². The molecule has 1 aliphatic rings. The van der Waals surface area contributed by atoms with E-state index in [1.807, 2.05) is 6.26 Å². The van der Waals surface area contributed by atoms with Crippen LogP contribution >= 0.6 is 11.8 Å². The molecule has 0 aromatic heterocycles. The highest BCUT2D eigenvalue weighted by Crippen LogP contribution is 2.19. The van der Waals surface area contributed by atoms with Crippen molar-refractivity contribution in [2.24, 2.45) is 11.8 Å². The van der Waals surface area contributed by atoms with Crippen LogP contribution in [-0.4, -0.2) is 66.9 Å². The number of carbonyl (C=O) groups is 2. The molecule has 3 atom stereocenters. The number of rotatable bonds is 6. The lowest BCUT2D eigenvalue weighted by Crippen LogP contribution is -2.49. The Labute approximate surface area is 117 Å². The number of thioether (sulfide) groups is 1. The lowest BCUT2D eigenvalue weighted by molar-refractivity contribution is -0.142. The molecule has 1 heterocycles. The SMILES string of the molecule is CSCC(C)CNC(=O)N(C)C1COCC1C(=O)O. The molecule has 6 nitrogen and oxygen atoms in total. The van der Waals surface area contributed by atoms with Crippen LogP contribution in [-0.2, 0) is 9.53 Å². The molecule has 19 heavy (non-hydrogen) atoms. The summed E-state index contributed by atoms with van der Waals surface area (Å²) in [6.45, 7) is 3.10. The van der Waals surface area contributed by atoms with Gasteiger partial charge in [-0.15, -0.1) is 0 Å². The molecule has 7 heteroatoms. The highest BCUT2D eigenvalue weighted by Gasteiger charge is 2.38. The lowest BCUT2D eigenvalue weighted by Gasteiger charge is -2.27. The number of nitrogens with zero attached hydrogens (tertiary/aromatic N) is 1. The zero-order valence-electron chi connectivity index (χ0n) is 11.6. The molecule has 2 amide bonds. The molecule has 0 aromatic carbocycles. The summed E-state index contributed by atoms with van der Waals surface area (Å²) in [5, 5.41) is 11.9. The fourth-order valence-corrected chi connectivity index (χ4v) is 2.73. The molecule has 1 saturated heterocycles. The molecule has 0 bridgehead atoms. The van der Waals surface area contributed by atoms with Crippen LogP contribution < -0.4 is 5.32 Å². The molecule has 0 spiro atoms. The topological polar surface area (TPSA) is 78.9 Å². The minimum absolute atomic E-state index is 0.167. The molecule has 0 aromatic rings. The predicted molar refractivity (Wildman–Crippen MR) is 74.4 cm³/mol. The van der Waals surface area contributed by atoms with E-state index in [0.29, 0.717) is 12.5 Å². The molecule has 3 unspecified atom stereocenters. The summed E-state index contributed by atoms with van der Waals surface area (Å²) in [6.07, 6.45) is 2.03. The van der Waals surface area contributed by atoms with Gasteiger partial charge in [-0.1, -0.05) is 6.92 Å². The highest BCUT2D eigenvalue weighted by atomic mass is 32.2. The molecule has 1 fully saturated rings. The van der Waals surface area contributed by atoms with Gasteiger partial charge in [0, 0.05) is 13.6 Å². The van der Waals surface area contributed by atoms with Gasteiger partial charge in [-0.3, -0.25) is 4.79 Å². The Balaban J connectivity index is 2.45. The third-order valence-electron chi connectivity index (χ3n) is 3.24. The zero-order chi connectivity index (χ0) is 14.4. The van der Waals surface area contributed by atoms with Crippen molar-refractivity contribution in [3.8, 4) is 0 Å². The van der Waals surface area contributed by atoms with Gasteiger partial charge in [-0.25, -0.2) is 4.79 Å². The van der Waals surface area contributed by atoms with Gasteiger partial charge in [-0.2, -0.15) is 11.8 Å². The Kier molecular flexibility index (Phi) is 6.44. The molecule has 0 saturated carbocycles. The molecular formula is C12H22N2O4S. The largest absolute Gasteiger partial charge is 0.481 e. The van der Waals surface area contributed by atoms with Crippen LogP contribution in [0.3, 0.4) is 0 Å². The summed E-state index contributed by atoms with van der Waals surface area (Å²) in [7, 11) is 1.61. The maximum atomic E-state index is 12.0. The second kappa shape index (κ2) is 7.59. The number of carboxylic acids is 1. The summed E-state index contributed by atoms with van der Waals surface area (Å²) in [5.74, 6) is -0.186. The quantitative estimate of drug-likeness (QED) is 0.754. The van der Waals surface area contributed by atoms with E-state index >= 15 is 0 Å². The first-order valence-corrected chi connectivity index (χ1v) is 7.66. The number of ether oxygens (including phenoxy) is 1. The predicted octanol–water partition coefficient (Wildman–Crippen LogP) is 0.726. The van der Waals surface area contributed by atoms with Gasteiger partial charge in [0.05, 0.1) is 19.3 Å². The monoisotopic (exact) mass is 290 g/mol. The van der Waals surface area contributed by atoms with Crippen molar-refractivity contribution in [1.82, 2.24) is 10.2 Å². The van der Waals surface area contributed by atoms with Crippen LogP contribution in [0, 0.1) is 11.8 Å². The Hall–Kier alpha value is -0.950. The Morgan fingerprint density at radius 1 is 1.53 bits per heavy atom. The Bertz CT molecular complexity index is 327. The Morgan fingerprint density at radius 2 is 2.21 bits per heavy atom. The van der Waals surface area contributed by atoms with E-state index < -0.39 is 17.9 Å². The van der Waals surface area contributed by atoms with Crippen molar-refractivity contribution in [2.45, 2.75) is 13.0 Å². The van der Waals surface area contributed by atoms with Crippen LogP contribution in [0.5, 0.6) is 0 Å². The van der Waals surface area contributed by atoms with Crippen molar-refractivity contribution in [1.29, 1.82) is 0 Å². The standard InChI is InChI=1S/C12H22N2O4S/c1-8(7-19-3)4-13-12(17)14(2)10-6-18-5-9(10)11(15)16/h8-10H,4-7H2,1-3H3,(H,13,17)(H,15,16). The number of nitrogens with one attached hydrogen (secondary N) is 1. The van der Waals surface area contributed by atoms with E-state index in [1.54, 1.807) is 18.8 Å². The third-order valence-corrected chi connectivity index (χ3v) is 4.14. The zero-order valence-corrected chi connectivity index (χ0v) is 12.4. The minimum atomic E-state index is -0.919. The smallest absolute Gasteiger partial charge is 0.317 e. The van der Waals surface area contributed by atoms with Crippen LogP contribution in [0.15, 0.2) is 0 Å². The fraction of sp³-hybridized carbons (Fsp3) is 0.833. The van der Waals surface area contributed by atoms with Gasteiger partial charge in [0.2, 0.25) is 0 Å². The van der Waals surface area contributed by atoms with Crippen LogP contribution in [0.2, 0.25) is 0 Å². The average molecular weight is 290 g/mol. The molecule has 110 valence electrons. The summed E-state index contributed by atoms with van der Waals surface area (Å²) < 4.78 is 5.16. The average Bonchev–Trinajstić information content (AvgIpc) is 2.84. The lowest BCUT2D eigenvalue weighted by atomic mass is 10.0. The second-order valence-corrected chi connectivity index (χ2v) is 5.82.